The number of nitrogens with zero attached hydrogens (tertiary/aromatic N) is 1. The van der Waals surface area contributed by atoms with Gasteiger partial charge in [0.1, 0.15) is 0 Å². The van der Waals surface area contributed by atoms with E-state index in [2.05, 4.69) is 58.4 Å². The van der Waals surface area contributed by atoms with Crippen molar-refractivity contribution < 1.29 is 4.74 Å². The summed E-state index contributed by atoms with van der Waals surface area (Å²) in [6.07, 6.45) is 7.92. The van der Waals surface area contributed by atoms with E-state index in [0.717, 1.165) is 68.4 Å². The molecule has 0 spiro atoms. The third-order valence-electron chi connectivity index (χ3n) is 5.61. The van der Waals surface area contributed by atoms with Crippen LogP contribution in [0.4, 0.5) is 0 Å². The second-order valence-corrected chi connectivity index (χ2v) is 8.10. The van der Waals surface area contributed by atoms with Crippen LogP contribution in [0.5, 0.6) is 0 Å². The van der Waals surface area contributed by atoms with Crippen molar-refractivity contribution in [2.75, 3.05) is 13.2 Å². The van der Waals surface area contributed by atoms with E-state index < -0.39 is 0 Å². The normalized spacial score (nSPS) is 17.4. The van der Waals surface area contributed by atoms with Crippen LogP contribution in [0, 0.1) is 12.0 Å². The van der Waals surface area contributed by atoms with E-state index in [9.17, 15) is 0 Å². The van der Waals surface area contributed by atoms with E-state index in [1.807, 2.05) is 12.2 Å². The van der Waals surface area contributed by atoms with Gasteiger partial charge in [-0.3, -0.25) is 0 Å². The highest BCUT2D eigenvalue weighted by atomic mass is 35.5. The summed E-state index contributed by atoms with van der Waals surface area (Å²) in [5.41, 5.74) is 4.70. The van der Waals surface area contributed by atoms with Gasteiger partial charge in [0.25, 0.3) is 0 Å². The average Bonchev–Trinajstić information content (AvgIpc) is 3.11. The van der Waals surface area contributed by atoms with E-state index in [1.165, 1.54) is 16.5 Å². The van der Waals surface area contributed by atoms with Crippen LogP contribution in [0.15, 0.2) is 47.1 Å². The SMILES string of the molecule is CCn1c(C#CNC2=CC=C(Cl)CC2)cc2cc(CNC3CCOCC3)ccc21. The first kappa shape index (κ1) is 20.1. The summed E-state index contributed by atoms with van der Waals surface area (Å²) in [6, 6.07) is 12.6. The summed E-state index contributed by atoms with van der Waals surface area (Å²) in [6.45, 7) is 5.69. The number of fused-ring (bicyclic) bond motifs is 1. The third kappa shape index (κ3) is 5.05. The van der Waals surface area contributed by atoms with Crippen LogP contribution < -0.4 is 10.6 Å². The molecule has 0 radical (unpaired) electrons. The van der Waals surface area contributed by atoms with Crippen molar-refractivity contribution in [3.05, 3.63) is 58.4 Å². The molecule has 4 rings (SSSR count). The smallest absolute Gasteiger partial charge is 0.0949 e. The molecule has 1 aliphatic heterocycles. The number of hydrogen-bond acceptors (Lipinski definition) is 3. The number of aryl methyl sites for hydroxylation is 1. The molecule has 1 fully saturated rings. The second-order valence-electron chi connectivity index (χ2n) is 7.61. The highest BCUT2D eigenvalue weighted by molar-refractivity contribution is 6.29. The van der Waals surface area contributed by atoms with Crippen LogP contribution in [0.25, 0.3) is 10.9 Å². The fourth-order valence-electron chi connectivity index (χ4n) is 3.93. The Bertz CT molecular complexity index is 987. The minimum Gasteiger partial charge on any atom is -0.381 e. The van der Waals surface area contributed by atoms with Crippen molar-refractivity contribution in [2.45, 2.75) is 51.7 Å². The highest BCUT2D eigenvalue weighted by Gasteiger charge is 2.13. The molecule has 0 atom stereocenters. The molecule has 0 unspecified atom stereocenters. The quantitative estimate of drug-likeness (QED) is 0.558. The van der Waals surface area contributed by atoms with Crippen LogP contribution in [0.3, 0.4) is 0 Å². The highest BCUT2D eigenvalue weighted by Crippen LogP contribution is 2.22. The molecule has 2 aliphatic rings. The van der Waals surface area contributed by atoms with Crippen LogP contribution in [-0.4, -0.2) is 23.8 Å². The number of rotatable bonds is 5. The zero-order valence-electron chi connectivity index (χ0n) is 16.9. The topological polar surface area (TPSA) is 38.2 Å². The summed E-state index contributed by atoms with van der Waals surface area (Å²) >= 11 is 6.02. The summed E-state index contributed by atoms with van der Waals surface area (Å²) in [5, 5.41) is 9.03. The zero-order chi connectivity index (χ0) is 20.1. The molecule has 2 heterocycles. The van der Waals surface area contributed by atoms with Gasteiger partial charge in [-0.2, -0.15) is 0 Å². The molecule has 1 saturated heterocycles. The average molecular weight is 410 g/mol. The van der Waals surface area contributed by atoms with E-state index in [1.54, 1.807) is 0 Å². The number of benzene rings is 1. The first-order valence-corrected chi connectivity index (χ1v) is 10.9. The van der Waals surface area contributed by atoms with Crippen molar-refractivity contribution in [3.8, 4) is 12.0 Å². The molecule has 152 valence electrons. The molecule has 5 heteroatoms. The lowest BCUT2D eigenvalue weighted by atomic mass is 10.1. The maximum atomic E-state index is 6.02. The standard InChI is InChI=1S/C24H28ClN3O/c1-2-28-23(9-12-26-21-6-4-20(25)5-7-21)16-19-15-18(3-8-24(19)28)17-27-22-10-13-29-14-11-22/h3-4,6,8,15-16,22,26-27H,2,5,7,10-11,13-14,17H2,1H3. The fraction of sp³-hybridized carbons (Fsp3) is 0.417. The Kier molecular flexibility index (Phi) is 6.61. The van der Waals surface area contributed by atoms with E-state index in [-0.39, 0.29) is 0 Å². The number of ether oxygens (including phenoxy) is 1. The van der Waals surface area contributed by atoms with Gasteiger partial charge in [0.15, 0.2) is 0 Å². The van der Waals surface area contributed by atoms with E-state index >= 15 is 0 Å². The molecule has 1 aromatic carbocycles. The molecule has 29 heavy (non-hydrogen) atoms. The molecule has 1 aliphatic carbocycles. The molecule has 4 nitrogen and oxygen atoms in total. The second kappa shape index (κ2) is 9.54. The fourth-order valence-corrected chi connectivity index (χ4v) is 4.09. The monoisotopic (exact) mass is 409 g/mol. The zero-order valence-corrected chi connectivity index (χ0v) is 17.7. The molecule has 0 bridgehead atoms. The largest absolute Gasteiger partial charge is 0.381 e. The lowest BCUT2D eigenvalue weighted by Crippen LogP contribution is -2.34. The van der Waals surface area contributed by atoms with Crippen molar-refractivity contribution >= 4 is 22.5 Å². The van der Waals surface area contributed by atoms with Gasteiger partial charge in [-0.25, -0.2) is 0 Å². The Balaban J connectivity index is 1.47. The van der Waals surface area contributed by atoms with Gasteiger partial charge in [0.05, 0.1) is 5.69 Å². The van der Waals surface area contributed by atoms with Crippen molar-refractivity contribution in [3.63, 3.8) is 0 Å². The van der Waals surface area contributed by atoms with E-state index in [4.69, 9.17) is 16.3 Å². The lowest BCUT2D eigenvalue weighted by Gasteiger charge is -2.23. The third-order valence-corrected chi connectivity index (χ3v) is 5.93. The minimum atomic E-state index is 0.561. The summed E-state index contributed by atoms with van der Waals surface area (Å²) < 4.78 is 7.71. The van der Waals surface area contributed by atoms with Crippen molar-refractivity contribution in [1.82, 2.24) is 15.2 Å². The van der Waals surface area contributed by atoms with Gasteiger partial charge in [-0.05, 0) is 74.4 Å². The van der Waals surface area contributed by atoms with Crippen molar-refractivity contribution in [1.29, 1.82) is 0 Å². The Labute approximate surface area is 177 Å². The van der Waals surface area contributed by atoms with Gasteiger partial charge in [-0.15, -0.1) is 0 Å². The molecule has 2 N–H and O–H groups in total. The van der Waals surface area contributed by atoms with Crippen LogP contribution in [-0.2, 0) is 17.8 Å². The molecule has 0 amide bonds. The summed E-state index contributed by atoms with van der Waals surface area (Å²) in [4.78, 5) is 0. The van der Waals surface area contributed by atoms with Crippen LogP contribution in [0.2, 0.25) is 0 Å². The predicted molar refractivity (Wildman–Crippen MR) is 120 cm³/mol. The molecule has 0 saturated carbocycles. The van der Waals surface area contributed by atoms with Crippen molar-refractivity contribution in [2.24, 2.45) is 0 Å². The Hall–Kier alpha value is -2.19. The Morgan fingerprint density at radius 2 is 2.03 bits per heavy atom. The minimum absolute atomic E-state index is 0.561. The van der Waals surface area contributed by atoms with Crippen LogP contribution in [0.1, 0.15) is 43.9 Å². The maximum absolute atomic E-state index is 6.02. The number of aromatic nitrogens is 1. The maximum Gasteiger partial charge on any atom is 0.0949 e. The molecular formula is C24H28ClN3O. The van der Waals surface area contributed by atoms with E-state index in [0.29, 0.717) is 6.04 Å². The Morgan fingerprint density at radius 3 is 2.79 bits per heavy atom. The number of allylic oxidation sites excluding steroid dienone is 4. The predicted octanol–water partition coefficient (Wildman–Crippen LogP) is 4.63. The first-order valence-electron chi connectivity index (χ1n) is 10.5. The van der Waals surface area contributed by atoms with Gasteiger partial charge >= 0.3 is 0 Å². The number of hydrogen-bond donors (Lipinski definition) is 2. The van der Waals surface area contributed by atoms with Gasteiger partial charge in [0, 0.05) is 60.0 Å². The summed E-state index contributed by atoms with van der Waals surface area (Å²) in [7, 11) is 0. The first-order chi connectivity index (χ1) is 14.2. The van der Waals surface area contributed by atoms with Gasteiger partial charge < -0.3 is 19.9 Å². The number of nitrogens with one attached hydrogen (secondary N) is 2. The lowest BCUT2D eigenvalue weighted by molar-refractivity contribution is 0.0776. The van der Waals surface area contributed by atoms with Gasteiger partial charge in [0.2, 0.25) is 0 Å². The molecular weight excluding hydrogens is 382 g/mol. The van der Waals surface area contributed by atoms with Crippen LogP contribution >= 0.6 is 11.6 Å². The molecule has 1 aromatic heterocycles. The molecule has 2 aromatic rings. The Morgan fingerprint density at radius 1 is 1.17 bits per heavy atom. The van der Waals surface area contributed by atoms with Gasteiger partial charge in [-0.1, -0.05) is 17.7 Å². The number of halogens is 1. The summed E-state index contributed by atoms with van der Waals surface area (Å²) in [5.74, 6) is 3.29.